The average molecular weight is 549 g/mol. The molecule has 2 aromatic carbocycles. The van der Waals surface area contributed by atoms with E-state index in [0.29, 0.717) is 40.6 Å². The van der Waals surface area contributed by atoms with E-state index in [1.165, 1.54) is 0 Å². The maximum Gasteiger partial charge on any atom is 0.256 e. The predicted molar refractivity (Wildman–Crippen MR) is 152 cm³/mol. The van der Waals surface area contributed by atoms with Crippen LogP contribution in [-0.4, -0.2) is 104 Å². The van der Waals surface area contributed by atoms with E-state index < -0.39 is 0 Å². The van der Waals surface area contributed by atoms with E-state index in [2.05, 4.69) is 16.9 Å². The minimum atomic E-state index is -0.260. The van der Waals surface area contributed by atoms with Crippen molar-refractivity contribution in [1.82, 2.24) is 14.7 Å². The summed E-state index contributed by atoms with van der Waals surface area (Å²) in [5, 5.41) is 9.93. The minimum Gasteiger partial charge on any atom is -0.493 e. The molecule has 5 rings (SSSR count). The van der Waals surface area contributed by atoms with Crippen molar-refractivity contribution in [2.75, 3.05) is 60.1 Å². The van der Waals surface area contributed by atoms with E-state index in [9.17, 15) is 14.7 Å². The van der Waals surface area contributed by atoms with Gasteiger partial charge in [0.2, 0.25) is 5.91 Å². The van der Waals surface area contributed by atoms with Gasteiger partial charge in [-0.25, -0.2) is 0 Å². The van der Waals surface area contributed by atoms with Gasteiger partial charge in [-0.1, -0.05) is 6.07 Å². The molecule has 10 nitrogen and oxygen atoms in total. The molecule has 0 aromatic heterocycles. The predicted octanol–water partition coefficient (Wildman–Crippen LogP) is 2.75. The third-order valence-corrected chi connectivity index (χ3v) is 7.54. The molecule has 0 spiro atoms. The topological polar surface area (TPSA) is 104 Å². The molecule has 0 radical (unpaired) electrons. The Bertz CT molecular complexity index is 1300. The van der Waals surface area contributed by atoms with Crippen molar-refractivity contribution in [3.8, 4) is 17.2 Å². The van der Waals surface area contributed by atoms with Gasteiger partial charge in [0.05, 0.1) is 31.0 Å². The molecular weight excluding hydrogens is 512 g/mol. The summed E-state index contributed by atoms with van der Waals surface area (Å²) in [5.74, 6) is 1.50. The van der Waals surface area contributed by atoms with Crippen molar-refractivity contribution in [2.45, 2.75) is 25.5 Å². The molecule has 3 heterocycles. The highest BCUT2D eigenvalue weighted by atomic mass is 16.5. The van der Waals surface area contributed by atoms with Gasteiger partial charge in [-0.2, -0.15) is 0 Å². The SMILES string of the molecule is COc1cc(C=CC(=O)N2CCN(C)CC2)ccc1OCCOc1cc2c(cc1CO)C(=O)N1CCC[C@H]1C=N2. The summed E-state index contributed by atoms with van der Waals surface area (Å²) in [6.45, 7) is 4.11. The normalized spacial score (nSPS) is 19.0. The standard InChI is InChI=1S/C30H36N4O6/c1-32-10-12-33(13-11-32)29(36)8-6-21-5-7-26(28(16-21)38-2)39-14-15-40-27-18-25-24(17-22(27)20-35)30(37)34-9-3-4-23(34)19-31-25/h5-8,16-19,23,35H,3-4,9-15,20H2,1-2H3/t23-/m0/s1. The molecule has 0 saturated carbocycles. The third kappa shape index (κ3) is 6.13. The zero-order chi connectivity index (χ0) is 28.1. The van der Waals surface area contributed by atoms with Gasteiger partial charge in [0.1, 0.15) is 19.0 Å². The second kappa shape index (κ2) is 12.5. The Morgan fingerprint density at radius 3 is 2.58 bits per heavy atom. The summed E-state index contributed by atoms with van der Waals surface area (Å²) < 4.78 is 17.3. The summed E-state index contributed by atoms with van der Waals surface area (Å²) in [7, 11) is 3.62. The number of likely N-dealkylation sites (N-methyl/N-ethyl adjacent to an activating group) is 1. The molecule has 10 heteroatoms. The van der Waals surface area contributed by atoms with Gasteiger partial charge in [-0.05, 0) is 49.7 Å². The molecule has 2 amide bonds. The molecule has 1 atom stereocenters. The summed E-state index contributed by atoms with van der Waals surface area (Å²) in [6.07, 6.45) is 7.08. The number of aliphatic imine (C=N–C) groups is 1. The molecule has 212 valence electrons. The molecule has 0 bridgehead atoms. The van der Waals surface area contributed by atoms with E-state index in [4.69, 9.17) is 14.2 Å². The Kier molecular flexibility index (Phi) is 8.66. The van der Waals surface area contributed by atoms with Crippen molar-refractivity contribution in [3.63, 3.8) is 0 Å². The lowest BCUT2D eigenvalue weighted by Crippen LogP contribution is -2.46. The monoisotopic (exact) mass is 548 g/mol. The molecule has 3 aliphatic rings. The number of benzene rings is 2. The largest absolute Gasteiger partial charge is 0.493 e. The number of hydrogen-bond acceptors (Lipinski definition) is 8. The summed E-state index contributed by atoms with van der Waals surface area (Å²) in [4.78, 5) is 36.0. The molecule has 40 heavy (non-hydrogen) atoms. The van der Waals surface area contributed by atoms with Gasteiger partial charge in [-0.3, -0.25) is 14.6 Å². The quantitative estimate of drug-likeness (QED) is 0.380. The smallest absolute Gasteiger partial charge is 0.256 e. The number of piperazine rings is 1. The lowest BCUT2D eigenvalue weighted by atomic mass is 10.1. The van der Waals surface area contributed by atoms with Crippen LogP contribution in [0.5, 0.6) is 17.2 Å². The number of ether oxygens (including phenoxy) is 3. The summed E-state index contributed by atoms with van der Waals surface area (Å²) in [6, 6.07) is 8.89. The van der Waals surface area contributed by atoms with Gasteiger partial charge < -0.3 is 34.0 Å². The number of rotatable bonds is 9. The Balaban J connectivity index is 1.18. The first-order chi connectivity index (χ1) is 19.5. The highest BCUT2D eigenvalue weighted by molar-refractivity contribution is 6.03. The van der Waals surface area contributed by atoms with Gasteiger partial charge in [0.25, 0.3) is 5.91 Å². The van der Waals surface area contributed by atoms with Gasteiger partial charge in [-0.15, -0.1) is 0 Å². The van der Waals surface area contributed by atoms with Crippen LogP contribution >= 0.6 is 0 Å². The molecule has 2 saturated heterocycles. The number of carbonyl (C=O) groups is 2. The minimum absolute atomic E-state index is 0.0000112. The van der Waals surface area contributed by atoms with Crippen LogP contribution in [0.3, 0.4) is 0 Å². The fraction of sp³-hybridized carbons (Fsp3) is 0.433. The van der Waals surface area contributed by atoms with Crippen LogP contribution in [0, 0.1) is 0 Å². The second-order valence-electron chi connectivity index (χ2n) is 10.2. The van der Waals surface area contributed by atoms with Crippen molar-refractivity contribution in [3.05, 3.63) is 53.1 Å². The van der Waals surface area contributed by atoms with Crippen LogP contribution in [0.2, 0.25) is 0 Å². The molecule has 0 aliphatic carbocycles. The van der Waals surface area contributed by atoms with E-state index >= 15 is 0 Å². The number of fused-ring (bicyclic) bond motifs is 2. The zero-order valence-corrected chi connectivity index (χ0v) is 23.0. The molecule has 2 aromatic rings. The van der Waals surface area contributed by atoms with Gasteiger partial charge in [0, 0.05) is 56.6 Å². The Morgan fingerprint density at radius 2 is 1.82 bits per heavy atom. The van der Waals surface area contributed by atoms with Crippen LogP contribution in [0.25, 0.3) is 6.08 Å². The Labute approximate surface area is 234 Å². The molecule has 0 unspecified atom stereocenters. The van der Waals surface area contributed by atoms with E-state index in [1.807, 2.05) is 28.1 Å². The highest BCUT2D eigenvalue weighted by Crippen LogP contribution is 2.34. The highest BCUT2D eigenvalue weighted by Gasteiger charge is 2.32. The second-order valence-corrected chi connectivity index (χ2v) is 10.2. The fourth-order valence-corrected chi connectivity index (χ4v) is 5.18. The Hall–Kier alpha value is -3.89. The lowest BCUT2D eigenvalue weighted by molar-refractivity contribution is -0.127. The first-order valence-electron chi connectivity index (χ1n) is 13.7. The number of hydrogen-bond donors (Lipinski definition) is 1. The Morgan fingerprint density at radius 1 is 1.05 bits per heavy atom. The number of aliphatic hydroxyl groups excluding tert-OH is 1. The van der Waals surface area contributed by atoms with Crippen LogP contribution in [0.15, 0.2) is 41.4 Å². The number of nitrogens with zero attached hydrogens (tertiary/aromatic N) is 4. The number of amides is 2. The fourth-order valence-electron chi connectivity index (χ4n) is 5.18. The third-order valence-electron chi connectivity index (χ3n) is 7.54. The number of carbonyl (C=O) groups excluding carboxylic acids is 2. The average Bonchev–Trinajstić information content (AvgIpc) is 3.41. The summed E-state index contributed by atoms with van der Waals surface area (Å²) >= 11 is 0. The van der Waals surface area contributed by atoms with E-state index in [-0.39, 0.29) is 37.7 Å². The lowest BCUT2D eigenvalue weighted by Gasteiger charge is -2.31. The van der Waals surface area contributed by atoms with Gasteiger partial charge in [0.15, 0.2) is 11.5 Å². The van der Waals surface area contributed by atoms with Crippen LogP contribution in [0.1, 0.15) is 34.3 Å². The van der Waals surface area contributed by atoms with Crippen molar-refractivity contribution < 1.29 is 28.9 Å². The number of aliphatic hydroxyl groups is 1. The molecule has 2 fully saturated rings. The molecule has 1 N–H and O–H groups in total. The van der Waals surface area contributed by atoms with Gasteiger partial charge >= 0.3 is 0 Å². The molecule has 3 aliphatic heterocycles. The number of methoxy groups -OCH3 is 1. The van der Waals surface area contributed by atoms with Crippen molar-refractivity contribution >= 4 is 29.8 Å². The van der Waals surface area contributed by atoms with Crippen LogP contribution in [-0.2, 0) is 11.4 Å². The first kappa shape index (κ1) is 27.7. The van der Waals surface area contributed by atoms with Crippen molar-refractivity contribution in [1.29, 1.82) is 0 Å². The first-order valence-corrected chi connectivity index (χ1v) is 13.7. The van der Waals surface area contributed by atoms with E-state index in [1.54, 1.807) is 37.5 Å². The summed E-state index contributed by atoms with van der Waals surface area (Å²) in [5.41, 5.74) is 2.39. The van der Waals surface area contributed by atoms with E-state index in [0.717, 1.165) is 44.6 Å². The van der Waals surface area contributed by atoms with Crippen molar-refractivity contribution in [2.24, 2.45) is 4.99 Å². The zero-order valence-electron chi connectivity index (χ0n) is 23.0. The maximum absolute atomic E-state index is 13.0. The maximum atomic E-state index is 13.0. The molecular formula is C30H36N4O6. The van der Waals surface area contributed by atoms with Crippen LogP contribution in [0.4, 0.5) is 5.69 Å². The van der Waals surface area contributed by atoms with Crippen LogP contribution < -0.4 is 14.2 Å².